The standard InChI is InChI=1S/C20H16F2O5S2/c21-20(22,29(24,25)26)19(23)27-28(16-10-4-1-5-11-16,17-12-6-2-7-13-17)18-14-8-3-9-15-18/h1-15H,(H,24,25,26). The van der Waals surface area contributed by atoms with Crippen LogP contribution in [0.5, 0.6) is 0 Å². The molecule has 0 atom stereocenters. The van der Waals surface area contributed by atoms with Gasteiger partial charge < -0.3 is 4.18 Å². The molecule has 3 rings (SSSR count). The first-order valence-corrected chi connectivity index (χ1v) is 11.3. The van der Waals surface area contributed by atoms with E-state index in [-0.39, 0.29) is 0 Å². The summed E-state index contributed by atoms with van der Waals surface area (Å²) >= 11 is 0. The topological polar surface area (TPSA) is 80.7 Å². The Hall–Kier alpha value is -2.75. The van der Waals surface area contributed by atoms with E-state index >= 15 is 0 Å². The van der Waals surface area contributed by atoms with Gasteiger partial charge in [0.05, 0.1) is 0 Å². The highest BCUT2D eigenvalue weighted by Crippen LogP contribution is 2.69. The number of halogens is 2. The minimum Gasteiger partial charge on any atom is -0.397 e. The molecule has 5 nitrogen and oxygen atoms in total. The van der Waals surface area contributed by atoms with Crippen molar-refractivity contribution in [3.63, 3.8) is 0 Å². The van der Waals surface area contributed by atoms with Crippen LogP contribution >= 0.6 is 10.3 Å². The SMILES string of the molecule is O=C(OS(c1ccccc1)(c1ccccc1)c1ccccc1)C(F)(F)S(=O)(=O)O. The van der Waals surface area contributed by atoms with Crippen LogP contribution < -0.4 is 0 Å². The zero-order valence-corrected chi connectivity index (χ0v) is 16.4. The van der Waals surface area contributed by atoms with Gasteiger partial charge in [0.15, 0.2) is 0 Å². The fourth-order valence-corrected chi connectivity index (χ4v) is 6.02. The zero-order valence-electron chi connectivity index (χ0n) is 14.8. The molecule has 0 saturated heterocycles. The third-order valence-corrected chi connectivity index (χ3v) is 8.01. The molecule has 0 heterocycles. The van der Waals surface area contributed by atoms with E-state index in [0.29, 0.717) is 14.7 Å². The van der Waals surface area contributed by atoms with Crippen LogP contribution in [-0.4, -0.2) is 24.2 Å². The molecule has 0 unspecified atom stereocenters. The third kappa shape index (κ3) is 3.89. The minimum absolute atomic E-state index is 0.400. The molecule has 0 aliphatic heterocycles. The van der Waals surface area contributed by atoms with Crippen LogP contribution in [0.4, 0.5) is 8.78 Å². The van der Waals surface area contributed by atoms with E-state index in [1.807, 2.05) is 0 Å². The van der Waals surface area contributed by atoms with Crippen molar-refractivity contribution >= 4 is 26.4 Å². The van der Waals surface area contributed by atoms with Gasteiger partial charge in [-0.2, -0.15) is 17.2 Å². The molecule has 0 aliphatic rings. The Bertz CT molecular complexity index is 993. The second-order valence-corrected chi connectivity index (χ2v) is 10.0. The van der Waals surface area contributed by atoms with Crippen LogP contribution in [-0.2, 0) is 19.1 Å². The quantitative estimate of drug-likeness (QED) is 0.553. The highest BCUT2D eigenvalue weighted by molar-refractivity contribution is 8.30. The average Bonchev–Trinajstić information content (AvgIpc) is 2.73. The second kappa shape index (κ2) is 7.94. The van der Waals surface area contributed by atoms with Crippen LogP contribution in [0.25, 0.3) is 0 Å². The van der Waals surface area contributed by atoms with Crippen LogP contribution in [0.1, 0.15) is 0 Å². The number of hydrogen-bond donors (Lipinski definition) is 1. The van der Waals surface area contributed by atoms with E-state index in [9.17, 15) is 22.0 Å². The molecule has 152 valence electrons. The lowest BCUT2D eigenvalue weighted by Gasteiger charge is -2.40. The van der Waals surface area contributed by atoms with E-state index in [0.717, 1.165) is 0 Å². The predicted octanol–water partition coefficient (Wildman–Crippen LogP) is 4.91. The lowest BCUT2D eigenvalue weighted by molar-refractivity contribution is -0.150. The second-order valence-electron chi connectivity index (χ2n) is 5.86. The van der Waals surface area contributed by atoms with E-state index in [1.54, 1.807) is 91.0 Å². The molecule has 0 spiro atoms. The normalized spacial score (nSPS) is 12.9. The summed E-state index contributed by atoms with van der Waals surface area (Å²) in [7, 11) is -9.10. The Kier molecular flexibility index (Phi) is 5.74. The van der Waals surface area contributed by atoms with Crippen molar-refractivity contribution in [1.82, 2.24) is 0 Å². The van der Waals surface area contributed by atoms with Gasteiger partial charge in [0.1, 0.15) is 0 Å². The maximum absolute atomic E-state index is 14.1. The van der Waals surface area contributed by atoms with E-state index in [1.165, 1.54) is 0 Å². The van der Waals surface area contributed by atoms with Crippen LogP contribution in [0.3, 0.4) is 0 Å². The summed E-state index contributed by atoms with van der Waals surface area (Å²) in [6.07, 6.45) is 0. The molecule has 29 heavy (non-hydrogen) atoms. The van der Waals surface area contributed by atoms with Gasteiger partial charge in [-0.1, -0.05) is 54.6 Å². The number of benzene rings is 3. The van der Waals surface area contributed by atoms with Crippen molar-refractivity contribution in [2.45, 2.75) is 19.9 Å². The van der Waals surface area contributed by atoms with Gasteiger partial charge in [0, 0.05) is 14.7 Å². The highest BCUT2D eigenvalue weighted by Gasteiger charge is 2.56. The first-order valence-electron chi connectivity index (χ1n) is 8.27. The zero-order chi connectivity index (χ0) is 21.1. The third-order valence-electron chi connectivity index (χ3n) is 3.99. The Balaban J connectivity index is 2.30. The maximum Gasteiger partial charge on any atom is 0.466 e. The van der Waals surface area contributed by atoms with Crippen molar-refractivity contribution in [3.05, 3.63) is 91.0 Å². The summed E-state index contributed by atoms with van der Waals surface area (Å²) in [4.78, 5) is 13.6. The molecule has 0 fully saturated rings. The summed E-state index contributed by atoms with van der Waals surface area (Å²) < 4.78 is 64.6. The Morgan fingerprint density at radius 2 is 1.03 bits per heavy atom. The maximum atomic E-state index is 14.1. The van der Waals surface area contributed by atoms with Gasteiger partial charge in [0.25, 0.3) is 0 Å². The van der Waals surface area contributed by atoms with Crippen molar-refractivity contribution in [2.24, 2.45) is 0 Å². The predicted molar refractivity (Wildman–Crippen MR) is 104 cm³/mol. The molecule has 0 amide bonds. The number of carbonyl (C=O) groups is 1. The van der Waals surface area contributed by atoms with Crippen LogP contribution in [0, 0.1) is 0 Å². The molecule has 0 aliphatic carbocycles. The average molecular weight is 438 g/mol. The molecule has 0 radical (unpaired) electrons. The first-order chi connectivity index (χ1) is 13.7. The van der Waals surface area contributed by atoms with E-state index in [2.05, 4.69) is 0 Å². The summed E-state index contributed by atoms with van der Waals surface area (Å²) in [6, 6.07) is 24.7. The molecule has 3 aromatic carbocycles. The molecule has 9 heteroatoms. The fourth-order valence-electron chi connectivity index (χ4n) is 2.66. The largest absolute Gasteiger partial charge is 0.466 e. The van der Waals surface area contributed by atoms with E-state index < -0.39 is 31.7 Å². The van der Waals surface area contributed by atoms with Crippen molar-refractivity contribution < 1.29 is 30.7 Å². The molecular formula is C20H16F2O5S2. The number of alkyl halides is 2. The summed E-state index contributed by atoms with van der Waals surface area (Å²) in [5.74, 6) is -2.36. The summed E-state index contributed by atoms with van der Waals surface area (Å²) in [5.41, 5.74) is 0. The van der Waals surface area contributed by atoms with Gasteiger partial charge in [0.2, 0.25) is 0 Å². The van der Waals surface area contributed by atoms with Gasteiger partial charge in [-0.15, -0.1) is 0 Å². The van der Waals surface area contributed by atoms with Gasteiger partial charge in [-0.05, 0) is 46.7 Å². The summed E-state index contributed by atoms with van der Waals surface area (Å²) in [5, 5.41) is -5.12. The molecule has 0 bridgehead atoms. The molecule has 1 N–H and O–H groups in total. The minimum atomic E-state index is -6.02. The molecular weight excluding hydrogens is 422 g/mol. The lowest BCUT2D eigenvalue weighted by Crippen LogP contribution is -2.39. The summed E-state index contributed by atoms with van der Waals surface area (Å²) in [6.45, 7) is 0. The van der Waals surface area contributed by atoms with Crippen molar-refractivity contribution in [3.8, 4) is 0 Å². The van der Waals surface area contributed by atoms with Crippen molar-refractivity contribution in [1.29, 1.82) is 0 Å². The number of hydrogen-bond acceptors (Lipinski definition) is 4. The Labute approximate surface area is 168 Å². The fraction of sp³-hybridized carbons (Fsp3) is 0.0500. The van der Waals surface area contributed by atoms with Crippen molar-refractivity contribution in [2.75, 3.05) is 0 Å². The molecule has 3 aromatic rings. The van der Waals surface area contributed by atoms with Crippen LogP contribution in [0.15, 0.2) is 106 Å². The smallest absolute Gasteiger partial charge is 0.397 e. The Morgan fingerprint density at radius 1 is 0.724 bits per heavy atom. The molecule has 0 saturated carbocycles. The van der Waals surface area contributed by atoms with E-state index in [4.69, 9.17) is 8.74 Å². The first kappa shape index (κ1) is 21.0. The highest BCUT2D eigenvalue weighted by atomic mass is 32.3. The van der Waals surface area contributed by atoms with Gasteiger partial charge >= 0.3 is 21.3 Å². The number of rotatable bonds is 6. The molecule has 0 aromatic heterocycles. The monoisotopic (exact) mass is 438 g/mol. The van der Waals surface area contributed by atoms with Gasteiger partial charge in [-0.3, -0.25) is 4.55 Å². The Morgan fingerprint density at radius 3 is 1.31 bits per heavy atom. The van der Waals surface area contributed by atoms with Crippen LogP contribution in [0.2, 0.25) is 0 Å². The number of carbonyl (C=O) groups excluding carboxylic acids is 1. The van der Waals surface area contributed by atoms with Gasteiger partial charge in [-0.25, -0.2) is 4.79 Å². The lowest BCUT2D eigenvalue weighted by atomic mass is 10.4.